The summed E-state index contributed by atoms with van der Waals surface area (Å²) >= 11 is 0. The lowest BCUT2D eigenvalue weighted by atomic mass is 10.1. The maximum atomic E-state index is 11.7. The molecule has 16 heavy (non-hydrogen) atoms. The molecular weight excluding hydrogens is 208 g/mol. The minimum atomic E-state index is -0.337. The van der Waals surface area contributed by atoms with Crippen molar-refractivity contribution in [3.8, 4) is 5.75 Å². The Hall–Kier alpha value is -1.75. The van der Waals surface area contributed by atoms with Crippen molar-refractivity contribution >= 4 is 11.8 Å². The average Bonchev–Trinajstić information content (AvgIpc) is 2.66. The van der Waals surface area contributed by atoms with Gasteiger partial charge in [-0.2, -0.15) is 0 Å². The molecule has 2 N–H and O–H groups in total. The van der Waals surface area contributed by atoms with E-state index in [0.29, 0.717) is 18.9 Å². The number of hydrogen-bond acceptors (Lipinski definition) is 4. The van der Waals surface area contributed by atoms with Crippen molar-refractivity contribution in [1.82, 2.24) is 0 Å². The molecule has 0 aromatic heterocycles. The van der Waals surface area contributed by atoms with E-state index in [-0.39, 0.29) is 18.2 Å². The van der Waals surface area contributed by atoms with Gasteiger partial charge in [-0.1, -0.05) is 12.1 Å². The lowest BCUT2D eigenvalue weighted by Crippen LogP contribution is -2.46. The van der Waals surface area contributed by atoms with E-state index >= 15 is 0 Å². The number of fused-ring (bicyclic) bond motifs is 3. The number of para-hydroxylation sites is 2. The lowest BCUT2D eigenvalue weighted by molar-refractivity contribution is 0.126. The molecule has 2 atom stereocenters. The molecule has 2 aliphatic heterocycles. The smallest absolute Gasteiger partial charge is 0.415 e. The van der Waals surface area contributed by atoms with E-state index in [9.17, 15) is 4.79 Å². The Kier molecular flexibility index (Phi) is 2.00. The van der Waals surface area contributed by atoms with Crippen LogP contribution in [0.15, 0.2) is 24.3 Å². The van der Waals surface area contributed by atoms with Crippen LogP contribution in [-0.4, -0.2) is 31.4 Å². The Morgan fingerprint density at radius 3 is 3.06 bits per heavy atom. The van der Waals surface area contributed by atoms with Gasteiger partial charge in [0.05, 0.1) is 5.69 Å². The van der Waals surface area contributed by atoms with Crippen LogP contribution in [0, 0.1) is 0 Å². The Bertz CT molecular complexity index is 435. The SMILES string of the molecule is NC[C@@H]1OC(=O)N2c3ccccc3OC[C@@H]12. The van der Waals surface area contributed by atoms with Crippen LogP contribution in [0.2, 0.25) is 0 Å². The third-order valence-electron chi connectivity index (χ3n) is 2.98. The first kappa shape index (κ1) is 9.47. The molecule has 2 heterocycles. The first-order valence-electron chi connectivity index (χ1n) is 5.23. The number of carbonyl (C=O) groups excluding carboxylic acids is 1. The Balaban J connectivity index is 2.04. The molecule has 0 spiro atoms. The van der Waals surface area contributed by atoms with Crippen molar-refractivity contribution in [2.75, 3.05) is 18.1 Å². The molecule has 2 aliphatic rings. The van der Waals surface area contributed by atoms with E-state index in [1.54, 1.807) is 4.90 Å². The van der Waals surface area contributed by atoms with Crippen LogP contribution < -0.4 is 15.4 Å². The zero-order valence-electron chi connectivity index (χ0n) is 8.63. The second-order valence-electron chi connectivity index (χ2n) is 3.87. The summed E-state index contributed by atoms with van der Waals surface area (Å²) in [4.78, 5) is 13.4. The lowest BCUT2D eigenvalue weighted by Gasteiger charge is -2.30. The molecule has 1 aromatic carbocycles. The third kappa shape index (κ3) is 1.18. The molecule has 1 aromatic rings. The molecule has 1 fully saturated rings. The number of carbonyl (C=O) groups is 1. The highest BCUT2D eigenvalue weighted by molar-refractivity contribution is 5.93. The fourth-order valence-corrected chi connectivity index (χ4v) is 2.18. The summed E-state index contributed by atoms with van der Waals surface area (Å²) in [5.41, 5.74) is 6.33. The molecular formula is C11H12N2O3. The molecule has 5 nitrogen and oxygen atoms in total. The Morgan fingerprint density at radius 1 is 1.44 bits per heavy atom. The molecule has 84 valence electrons. The van der Waals surface area contributed by atoms with Gasteiger partial charge in [-0.25, -0.2) is 4.79 Å². The predicted molar refractivity (Wildman–Crippen MR) is 57.5 cm³/mol. The highest BCUT2D eigenvalue weighted by atomic mass is 16.6. The van der Waals surface area contributed by atoms with Gasteiger partial charge in [0.1, 0.15) is 24.5 Å². The normalized spacial score (nSPS) is 26.8. The number of benzene rings is 1. The van der Waals surface area contributed by atoms with Crippen LogP contribution in [0.25, 0.3) is 0 Å². The highest BCUT2D eigenvalue weighted by Crippen LogP contribution is 2.37. The van der Waals surface area contributed by atoms with Crippen molar-refractivity contribution in [3.63, 3.8) is 0 Å². The van der Waals surface area contributed by atoms with Gasteiger partial charge in [0.25, 0.3) is 0 Å². The van der Waals surface area contributed by atoms with Crippen LogP contribution >= 0.6 is 0 Å². The minimum absolute atomic E-state index is 0.104. The molecule has 1 amide bonds. The molecule has 0 aliphatic carbocycles. The van der Waals surface area contributed by atoms with Gasteiger partial charge in [-0.05, 0) is 12.1 Å². The number of nitrogens with zero attached hydrogens (tertiary/aromatic N) is 1. The van der Waals surface area contributed by atoms with Crippen molar-refractivity contribution < 1.29 is 14.3 Å². The number of anilines is 1. The summed E-state index contributed by atoms with van der Waals surface area (Å²) < 4.78 is 10.8. The largest absolute Gasteiger partial charge is 0.489 e. The molecule has 1 saturated heterocycles. The van der Waals surface area contributed by atoms with Crippen molar-refractivity contribution in [3.05, 3.63) is 24.3 Å². The predicted octanol–water partition coefficient (Wildman–Crippen LogP) is 0.731. The number of ether oxygens (including phenoxy) is 2. The number of rotatable bonds is 1. The minimum Gasteiger partial charge on any atom is -0.489 e. The number of amides is 1. The summed E-state index contributed by atoms with van der Waals surface area (Å²) in [6.45, 7) is 0.753. The van der Waals surface area contributed by atoms with Crippen molar-refractivity contribution in [1.29, 1.82) is 0 Å². The fourth-order valence-electron chi connectivity index (χ4n) is 2.18. The Morgan fingerprint density at radius 2 is 2.25 bits per heavy atom. The van der Waals surface area contributed by atoms with E-state index in [1.807, 2.05) is 24.3 Å². The van der Waals surface area contributed by atoms with E-state index in [0.717, 1.165) is 5.69 Å². The van der Waals surface area contributed by atoms with Crippen molar-refractivity contribution in [2.24, 2.45) is 5.73 Å². The molecule has 5 heteroatoms. The molecule has 3 rings (SSSR count). The molecule has 0 radical (unpaired) electrons. The topological polar surface area (TPSA) is 64.8 Å². The standard InChI is InChI=1S/C11H12N2O3/c12-5-10-8-6-15-9-4-2-1-3-7(9)13(8)11(14)16-10/h1-4,8,10H,5-6,12H2/t8-,10-/m0/s1. The van der Waals surface area contributed by atoms with Gasteiger partial charge in [-0.15, -0.1) is 0 Å². The zero-order valence-corrected chi connectivity index (χ0v) is 8.63. The quantitative estimate of drug-likeness (QED) is 0.757. The molecule has 0 bridgehead atoms. The van der Waals surface area contributed by atoms with E-state index in [2.05, 4.69) is 0 Å². The third-order valence-corrected chi connectivity index (χ3v) is 2.98. The summed E-state index contributed by atoms with van der Waals surface area (Å²) in [6, 6.07) is 7.33. The maximum Gasteiger partial charge on any atom is 0.415 e. The van der Waals surface area contributed by atoms with Crippen molar-refractivity contribution in [2.45, 2.75) is 12.1 Å². The first-order chi connectivity index (χ1) is 7.81. The van der Waals surface area contributed by atoms with Gasteiger partial charge < -0.3 is 15.2 Å². The van der Waals surface area contributed by atoms with E-state index in [4.69, 9.17) is 15.2 Å². The van der Waals surface area contributed by atoms with Crippen LogP contribution in [0.4, 0.5) is 10.5 Å². The molecule has 0 saturated carbocycles. The fraction of sp³-hybridized carbons (Fsp3) is 0.364. The summed E-state index contributed by atoms with van der Waals surface area (Å²) in [6.07, 6.45) is -0.614. The van der Waals surface area contributed by atoms with Crippen LogP contribution in [0.1, 0.15) is 0 Å². The number of nitrogens with two attached hydrogens (primary N) is 1. The van der Waals surface area contributed by atoms with Gasteiger partial charge in [0.2, 0.25) is 0 Å². The summed E-state index contributed by atoms with van der Waals surface area (Å²) in [5, 5.41) is 0. The van der Waals surface area contributed by atoms with Crippen LogP contribution in [0.5, 0.6) is 5.75 Å². The van der Waals surface area contributed by atoms with Gasteiger partial charge >= 0.3 is 6.09 Å². The van der Waals surface area contributed by atoms with Gasteiger partial charge in [0.15, 0.2) is 0 Å². The summed E-state index contributed by atoms with van der Waals surface area (Å²) in [5.74, 6) is 0.716. The number of hydrogen-bond donors (Lipinski definition) is 1. The van der Waals surface area contributed by atoms with E-state index in [1.165, 1.54) is 0 Å². The Labute approximate surface area is 92.7 Å². The molecule has 0 unspecified atom stereocenters. The van der Waals surface area contributed by atoms with Crippen LogP contribution in [0.3, 0.4) is 0 Å². The maximum absolute atomic E-state index is 11.7. The number of cyclic esters (lactones) is 1. The zero-order chi connectivity index (χ0) is 11.1. The average molecular weight is 220 g/mol. The van der Waals surface area contributed by atoms with Gasteiger partial charge in [0, 0.05) is 6.54 Å². The van der Waals surface area contributed by atoms with Crippen LogP contribution in [-0.2, 0) is 4.74 Å². The van der Waals surface area contributed by atoms with E-state index < -0.39 is 0 Å². The first-order valence-corrected chi connectivity index (χ1v) is 5.23. The van der Waals surface area contributed by atoms with Gasteiger partial charge in [-0.3, -0.25) is 4.90 Å². The highest BCUT2D eigenvalue weighted by Gasteiger charge is 2.45. The second-order valence-corrected chi connectivity index (χ2v) is 3.87. The second kappa shape index (κ2) is 3.38. The monoisotopic (exact) mass is 220 g/mol. The summed E-state index contributed by atoms with van der Waals surface area (Å²) in [7, 11) is 0.